The van der Waals surface area contributed by atoms with Gasteiger partial charge in [0.2, 0.25) is 0 Å². The first-order valence-corrected chi connectivity index (χ1v) is 4.85. The first kappa shape index (κ1) is 29.3. The highest BCUT2D eigenvalue weighted by Crippen LogP contribution is 1.74. The molecule has 100 valence electrons. The van der Waals surface area contributed by atoms with Crippen LogP contribution in [0.1, 0.15) is 6.92 Å². The summed E-state index contributed by atoms with van der Waals surface area (Å²) in [7, 11) is -4.67. The number of hydrogen-bond donors (Lipinski definition) is 4. The number of allylic oxidation sites excluding steroid dienone is 1. The zero-order chi connectivity index (χ0) is 12.0. The lowest BCUT2D eigenvalue weighted by atomic mass is 10.7. The molecule has 0 aliphatic rings. The van der Waals surface area contributed by atoms with Gasteiger partial charge in [0, 0.05) is 0 Å². The fourth-order valence-electron chi connectivity index (χ4n) is 0.220. The standard InChI is InChI=1S/C6H10O.C2H4.2H3N.H2O4S/c1-3-5-7-6-4-2;1-2;;;1-5(2,3)4/h3-4,6H,1,5H2,2H3;1-2H2;2*1H3;(H2,1,2,3,4). The fourth-order valence-corrected chi connectivity index (χ4v) is 0.220. The first-order chi connectivity index (χ1) is 6.41. The van der Waals surface area contributed by atoms with E-state index in [-0.39, 0.29) is 12.3 Å². The van der Waals surface area contributed by atoms with Gasteiger partial charge in [0.25, 0.3) is 0 Å². The summed E-state index contributed by atoms with van der Waals surface area (Å²) in [5, 5.41) is 0. The van der Waals surface area contributed by atoms with E-state index in [0.29, 0.717) is 6.61 Å². The predicted molar refractivity (Wildman–Crippen MR) is 66.4 cm³/mol. The van der Waals surface area contributed by atoms with Gasteiger partial charge >= 0.3 is 10.4 Å². The van der Waals surface area contributed by atoms with Crippen LogP contribution < -0.4 is 12.3 Å². The van der Waals surface area contributed by atoms with Crippen molar-refractivity contribution in [1.29, 1.82) is 0 Å². The van der Waals surface area contributed by atoms with Gasteiger partial charge in [-0.2, -0.15) is 8.42 Å². The third kappa shape index (κ3) is 226. The average molecular weight is 258 g/mol. The van der Waals surface area contributed by atoms with Crippen LogP contribution in [-0.2, 0) is 15.1 Å². The quantitative estimate of drug-likeness (QED) is 0.262. The van der Waals surface area contributed by atoms with E-state index < -0.39 is 10.4 Å². The van der Waals surface area contributed by atoms with Crippen molar-refractivity contribution in [3.05, 3.63) is 38.2 Å². The maximum Gasteiger partial charge on any atom is 0.394 e. The van der Waals surface area contributed by atoms with Gasteiger partial charge in [-0.15, -0.1) is 13.2 Å². The Bertz CT molecular complexity index is 231. The van der Waals surface area contributed by atoms with Crippen LogP contribution in [0, 0.1) is 0 Å². The molecule has 0 spiro atoms. The van der Waals surface area contributed by atoms with Crippen molar-refractivity contribution in [2.45, 2.75) is 6.92 Å². The van der Waals surface area contributed by atoms with Gasteiger partial charge in [-0.3, -0.25) is 9.11 Å². The highest BCUT2D eigenvalue weighted by molar-refractivity contribution is 7.79. The summed E-state index contributed by atoms with van der Waals surface area (Å²) >= 11 is 0. The van der Waals surface area contributed by atoms with Gasteiger partial charge < -0.3 is 17.0 Å². The predicted octanol–water partition coefficient (Wildman–Crippen LogP) is 2.20. The smallest absolute Gasteiger partial charge is 0.394 e. The molecule has 0 rings (SSSR count). The molecule has 0 saturated heterocycles. The highest BCUT2D eigenvalue weighted by Gasteiger charge is 1.84. The molecule has 8 heteroatoms. The number of hydrogen-bond acceptors (Lipinski definition) is 5. The van der Waals surface area contributed by atoms with Crippen molar-refractivity contribution < 1.29 is 22.3 Å². The normalized spacial score (nSPS) is 7.94. The third-order valence-electron chi connectivity index (χ3n) is 0.446. The molecule has 0 aliphatic carbocycles. The van der Waals surface area contributed by atoms with Gasteiger partial charge in [-0.1, -0.05) is 18.7 Å². The molecular formula is C8H22N2O5S. The molecule has 0 atom stereocenters. The largest absolute Gasteiger partial charge is 0.498 e. The molecule has 0 heterocycles. The summed E-state index contributed by atoms with van der Waals surface area (Å²) in [6.07, 6.45) is 5.19. The Morgan fingerprint density at radius 3 is 1.75 bits per heavy atom. The molecule has 0 aromatic heterocycles. The molecule has 0 radical (unpaired) electrons. The number of rotatable bonds is 3. The Morgan fingerprint density at radius 1 is 1.25 bits per heavy atom. The number of ether oxygens (including phenoxy) is 1. The Hall–Kier alpha value is -1.19. The Balaban J connectivity index is -0.0000000404. The third-order valence-corrected chi connectivity index (χ3v) is 0.446. The van der Waals surface area contributed by atoms with Gasteiger partial charge in [0.05, 0.1) is 6.26 Å². The molecule has 0 aliphatic heterocycles. The van der Waals surface area contributed by atoms with E-state index in [1.54, 1.807) is 12.3 Å². The molecule has 0 bridgehead atoms. The monoisotopic (exact) mass is 258 g/mol. The van der Waals surface area contributed by atoms with Crippen LogP contribution in [0.4, 0.5) is 0 Å². The lowest BCUT2D eigenvalue weighted by Gasteiger charge is -1.88. The average Bonchev–Trinajstić information content (AvgIpc) is 2.06. The summed E-state index contributed by atoms with van der Waals surface area (Å²) in [5.74, 6) is 0. The fraction of sp³-hybridized carbons (Fsp3) is 0.250. The van der Waals surface area contributed by atoms with Crippen LogP contribution in [0.2, 0.25) is 0 Å². The van der Waals surface area contributed by atoms with Gasteiger partial charge in [-0.25, -0.2) is 0 Å². The topological polar surface area (TPSA) is 154 Å². The Morgan fingerprint density at radius 2 is 1.56 bits per heavy atom. The summed E-state index contributed by atoms with van der Waals surface area (Å²) < 4.78 is 36.4. The Kier molecular flexibility index (Phi) is 43.2. The van der Waals surface area contributed by atoms with E-state index in [1.165, 1.54) is 0 Å². The van der Waals surface area contributed by atoms with Gasteiger partial charge in [0.1, 0.15) is 6.61 Å². The van der Waals surface area contributed by atoms with E-state index in [9.17, 15) is 0 Å². The second kappa shape index (κ2) is 23.5. The minimum absolute atomic E-state index is 0. The van der Waals surface area contributed by atoms with Crippen molar-refractivity contribution in [3.8, 4) is 0 Å². The zero-order valence-electron chi connectivity index (χ0n) is 9.50. The lowest BCUT2D eigenvalue weighted by Crippen LogP contribution is -1.89. The molecule has 16 heavy (non-hydrogen) atoms. The van der Waals surface area contributed by atoms with Crippen LogP contribution in [-0.4, -0.2) is 24.1 Å². The summed E-state index contributed by atoms with van der Waals surface area (Å²) in [6.45, 7) is 12.0. The van der Waals surface area contributed by atoms with E-state index >= 15 is 0 Å². The van der Waals surface area contributed by atoms with Crippen molar-refractivity contribution in [2.75, 3.05) is 6.61 Å². The van der Waals surface area contributed by atoms with Crippen molar-refractivity contribution in [2.24, 2.45) is 0 Å². The summed E-state index contributed by atoms with van der Waals surface area (Å²) in [4.78, 5) is 0. The molecule has 0 amide bonds. The van der Waals surface area contributed by atoms with Gasteiger partial charge in [-0.05, 0) is 6.92 Å². The molecular weight excluding hydrogens is 236 g/mol. The van der Waals surface area contributed by atoms with Crippen molar-refractivity contribution >= 4 is 10.4 Å². The zero-order valence-corrected chi connectivity index (χ0v) is 10.3. The maximum absolute atomic E-state index is 8.74. The second-order valence-corrected chi connectivity index (χ2v) is 2.43. The molecule has 0 unspecified atom stereocenters. The minimum Gasteiger partial charge on any atom is -0.498 e. The van der Waals surface area contributed by atoms with Crippen LogP contribution in [0.25, 0.3) is 0 Å². The van der Waals surface area contributed by atoms with E-state index in [4.69, 9.17) is 22.3 Å². The van der Waals surface area contributed by atoms with E-state index in [2.05, 4.69) is 19.7 Å². The Labute approximate surface area is 97.3 Å². The molecule has 8 N–H and O–H groups in total. The van der Waals surface area contributed by atoms with Crippen LogP contribution >= 0.6 is 0 Å². The van der Waals surface area contributed by atoms with Crippen LogP contribution in [0.15, 0.2) is 38.2 Å². The second-order valence-electron chi connectivity index (χ2n) is 1.54. The van der Waals surface area contributed by atoms with E-state index in [1.807, 2.05) is 13.0 Å². The summed E-state index contributed by atoms with van der Waals surface area (Å²) in [5.41, 5.74) is 0. The maximum atomic E-state index is 8.74. The molecule has 0 aromatic carbocycles. The minimum atomic E-state index is -4.67. The SMILES string of the molecule is C=C.C=CCOC=CC.N.N.O=S(=O)(O)O. The molecule has 0 aromatic rings. The van der Waals surface area contributed by atoms with Crippen LogP contribution in [0.3, 0.4) is 0 Å². The molecule has 0 fully saturated rings. The first-order valence-electron chi connectivity index (χ1n) is 3.45. The van der Waals surface area contributed by atoms with Gasteiger partial charge in [0.15, 0.2) is 0 Å². The van der Waals surface area contributed by atoms with Crippen molar-refractivity contribution in [1.82, 2.24) is 12.3 Å². The molecule has 0 saturated carbocycles. The summed E-state index contributed by atoms with van der Waals surface area (Å²) in [6, 6.07) is 0. The van der Waals surface area contributed by atoms with E-state index in [0.717, 1.165) is 0 Å². The highest BCUT2D eigenvalue weighted by atomic mass is 32.3. The lowest BCUT2D eigenvalue weighted by molar-refractivity contribution is 0.289. The molecule has 7 nitrogen and oxygen atoms in total. The van der Waals surface area contributed by atoms with Crippen LogP contribution in [0.5, 0.6) is 0 Å². The van der Waals surface area contributed by atoms with Crippen molar-refractivity contribution in [3.63, 3.8) is 0 Å².